The Morgan fingerprint density at radius 2 is 1.16 bits per heavy atom. The number of hydrogen-bond donors (Lipinski definition) is 3. The quantitative estimate of drug-likeness (QED) is 0.636. The van der Waals surface area contributed by atoms with Crippen LogP contribution >= 0.6 is 0 Å². The Labute approximate surface area is 127 Å². The van der Waals surface area contributed by atoms with E-state index in [9.17, 15) is 0 Å². The Hall–Kier alpha value is 0.514. The first kappa shape index (κ1) is 17.6. The van der Waals surface area contributed by atoms with Gasteiger partial charge in [0.25, 0.3) is 0 Å². The topological polar surface area (TPSA) is 48.6 Å². The van der Waals surface area contributed by atoms with Crippen LogP contribution in [0.5, 0.6) is 0 Å². The Balaban J connectivity index is 2.19. The summed E-state index contributed by atoms with van der Waals surface area (Å²) in [5.41, 5.74) is 0. The molecule has 0 aromatic carbocycles. The van der Waals surface area contributed by atoms with E-state index >= 15 is 0 Å². The number of nitrogens with zero attached hydrogens (tertiary/aromatic N) is 1. The monoisotopic (exact) mass is 306 g/mol. The molecule has 1 heterocycles. The van der Waals surface area contributed by atoms with Crippen molar-refractivity contribution in [2.24, 2.45) is 0 Å². The van der Waals surface area contributed by atoms with Crippen LogP contribution in [0.3, 0.4) is 0 Å². The van der Waals surface area contributed by atoms with Crippen LogP contribution in [-0.4, -0.2) is 62.8 Å². The van der Waals surface area contributed by atoms with Gasteiger partial charge in [-0.2, -0.15) is 0 Å². The number of nitrogens with one attached hydrogen (secondary N) is 3. The molecule has 1 saturated heterocycles. The van der Waals surface area contributed by atoms with E-state index in [0.717, 1.165) is 39.3 Å². The van der Waals surface area contributed by atoms with Crippen LogP contribution in [0.25, 0.3) is 0 Å². The van der Waals surface area contributed by atoms with Gasteiger partial charge in [-0.3, -0.25) is 0 Å². The van der Waals surface area contributed by atoms with Crippen molar-refractivity contribution in [2.45, 2.75) is 25.7 Å². The molecule has 0 radical (unpaired) electrons. The minimum absolute atomic E-state index is 0.346. The third-order valence-corrected chi connectivity index (χ3v) is 4.58. The first-order valence-electron chi connectivity index (χ1n) is 7.59. The Morgan fingerprint density at radius 1 is 0.737 bits per heavy atom. The zero-order valence-electron chi connectivity index (χ0n) is 12.3. The summed E-state index contributed by atoms with van der Waals surface area (Å²) in [4.78, 5) is 0. The van der Waals surface area contributed by atoms with Crippen LogP contribution in [0, 0.1) is 0 Å². The van der Waals surface area contributed by atoms with Crippen molar-refractivity contribution in [3.8, 4) is 0 Å². The third kappa shape index (κ3) is 10.9. The molecule has 0 aromatic heterocycles. The normalized spacial score (nSPS) is 23.0. The molecule has 0 aromatic rings. The predicted octanol–water partition coefficient (Wildman–Crippen LogP) is 0.190. The van der Waals surface area contributed by atoms with Crippen molar-refractivity contribution in [3.63, 3.8) is 0 Å². The van der Waals surface area contributed by atoms with E-state index in [0.29, 0.717) is 0 Å². The zero-order valence-corrected chi connectivity index (χ0v) is 13.9. The van der Waals surface area contributed by atoms with E-state index in [2.05, 4.69) is 19.3 Å². The molecule has 19 heavy (non-hydrogen) atoms. The SMILES string of the molecule is C[O][Ti][N]1CCCNCCCNCCCNCCC1. The van der Waals surface area contributed by atoms with Crippen molar-refractivity contribution in [1.29, 1.82) is 0 Å². The standard InChI is InChI=1S/C12H27N4.CH3O.Ti/c1-5-13-7-2-9-15-11-4-12-16-10-3-8-14-6-1;1-2;/h13-15H,1-12H2;1H3;/q2*-1;+2. The molecule has 3 N–H and O–H groups in total. The molecule has 112 valence electrons. The summed E-state index contributed by atoms with van der Waals surface area (Å²) >= 11 is -0.346. The van der Waals surface area contributed by atoms with Crippen molar-refractivity contribution < 1.29 is 23.1 Å². The molecule has 0 saturated carbocycles. The summed E-state index contributed by atoms with van der Waals surface area (Å²) in [6.07, 6.45) is 4.91. The van der Waals surface area contributed by atoms with Crippen LogP contribution in [-0.2, 0) is 23.1 Å². The Morgan fingerprint density at radius 3 is 1.58 bits per heavy atom. The van der Waals surface area contributed by atoms with Gasteiger partial charge in [-0.1, -0.05) is 0 Å². The molecule has 0 atom stereocenters. The van der Waals surface area contributed by atoms with E-state index in [1.807, 2.05) is 7.11 Å². The van der Waals surface area contributed by atoms with Gasteiger partial charge in [0.1, 0.15) is 0 Å². The second-order valence-electron chi connectivity index (χ2n) is 4.95. The average Bonchev–Trinajstić information content (AvgIpc) is 2.41. The fourth-order valence-electron chi connectivity index (χ4n) is 2.17. The molecule has 1 aliphatic heterocycles. The molecule has 0 bridgehead atoms. The maximum atomic E-state index is 5.39. The van der Waals surface area contributed by atoms with Crippen molar-refractivity contribution in [1.82, 2.24) is 19.3 Å². The van der Waals surface area contributed by atoms with Gasteiger partial charge in [-0.25, -0.2) is 0 Å². The van der Waals surface area contributed by atoms with E-state index < -0.39 is 0 Å². The summed E-state index contributed by atoms with van der Waals surface area (Å²) in [7, 11) is 1.84. The molecular weight excluding hydrogens is 276 g/mol. The molecule has 0 aliphatic carbocycles. The summed E-state index contributed by atoms with van der Waals surface area (Å²) < 4.78 is 7.91. The molecule has 0 spiro atoms. The Kier molecular flexibility index (Phi) is 12.5. The first-order valence-corrected chi connectivity index (χ1v) is 8.93. The number of hydrogen-bond acceptors (Lipinski definition) is 5. The van der Waals surface area contributed by atoms with Gasteiger partial charge < -0.3 is 0 Å². The van der Waals surface area contributed by atoms with Gasteiger partial charge in [0.2, 0.25) is 0 Å². The fourth-order valence-corrected chi connectivity index (χ4v) is 3.36. The van der Waals surface area contributed by atoms with E-state index in [-0.39, 0.29) is 19.8 Å². The van der Waals surface area contributed by atoms with Gasteiger partial charge in [0.05, 0.1) is 0 Å². The minimum atomic E-state index is -0.346. The third-order valence-electron chi connectivity index (χ3n) is 3.20. The van der Waals surface area contributed by atoms with Crippen LogP contribution < -0.4 is 16.0 Å². The van der Waals surface area contributed by atoms with Gasteiger partial charge in [0, 0.05) is 0 Å². The first-order chi connectivity index (χ1) is 9.43. The second kappa shape index (κ2) is 13.5. The molecule has 1 aliphatic rings. The number of rotatable bonds is 2. The molecule has 0 amide bonds. The van der Waals surface area contributed by atoms with Crippen LogP contribution in [0.2, 0.25) is 0 Å². The molecule has 1 fully saturated rings. The van der Waals surface area contributed by atoms with Crippen LogP contribution in [0.15, 0.2) is 0 Å². The fraction of sp³-hybridized carbons (Fsp3) is 1.00. The van der Waals surface area contributed by atoms with Gasteiger partial charge in [0.15, 0.2) is 0 Å². The van der Waals surface area contributed by atoms with E-state index in [1.54, 1.807) is 0 Å². The average molecular weight is 306 g/mol. The molecular formula is C13H30N4OTi. The van der Waals surface area contributed by atoms with Crippen LogP contribution in [0.1, 0.15) is 25.7 Å². The van der Waals surface area contributed by atoms with Gasteiger partial charge >= 0.3 is 128 Å². The molecule has 6 heteroatoms. The summed E-state index contributed by atoms with van der Waals surface area (Å²) in [5.74, 6) is 0. The summed E-state index contributed by atoms with van der Waals surface area (Å²) in [6.45, 7) is 9.15. The summed E-state index contributed by atoms with van der Waals surface area (Å²) in [5, 5.41) is 10.5. The van der Waals surface area contributed by atoms with Crippen molar-refractivity contribution in [2.75, 3.05) is 59.5 Å². The molecule has 0 unspecified atom stereocenters. The maximum absolute atomic E-state index is 5.39. The van der Waals surface area contributed by atoms with Gasteiger partial charge in [-0.05, 0) is 0 Å². The van der Waals surface area contributed by atoms with E-state index in [4.69, 9.17) is 3.32 Å². The van der Waals surface area contributed by atoms with Crippen LogP contribution in [0.4, 0.5) is 0 Å². The van der Waals surface area contributed by atoms with Gasteiger partial charge in [-0.15, -0.1) is 0 Å². The molecule has 5 nitrogen and oxygen atoms in total. The van der Waals surface area contributed by atoms with E-state index in [1.165, 1.54) is 38.8 Å². The van der Waals surface area contributed by atoms with Crippen molar-refractivity contribution >= 4 is 0 Å². The molecule has 1 rings (SSSR count). The predicted molar refractivity (Wildman–Crippen MR) is 75.7 cm³/mol. The summed E-state index contributed by atoms with van der Waals surface area (Å²) in [6, 6.07) is 0. The van der Waals surface area contributed by atoms with Crippen molar-refractivity contribution in [3.05, 3.63) is 0 Å². The zero-order chi connectivity index (χ0) is 13.6. The Bertz CT molecular complexity index is 181. The second-order valence-corrected chi connectivity index (χ2v) is 6.86.